The molecule has 0 saturated carbocycles. The van der Waals surface area contributed by atoms with Crippen LogP contribution in [0.15, 0.2) is 48.5 Å². The molecule has 1 aliphatic heterocycles. The van der Waals surface area contributed by atoms with Gasteiger partial charge < -0.3 is 15.1 Å². The summed E-state index contributed by atoms with van der Waals surface area (Å²) in [6.45, 7) is 3.76. The SMILES string of the molecule is CC(=O)N1CCN(C(=O)c2ccc(Nc3nc4ccccc4n4nnnc34)cc2)CC1. The molecule has 10 heteroatoms. The quantitative estimate of drug-likeness (QED) is 0.542. The van der Waals surface area contributed by atoms with E-state index in [-0.39, 0.29) is 11.8 Å². The fraction of sp³-hybridized carbons (Fsp3) is 0.238. The van der Waals surface area contributed by atoms with E-state index in [4.69, 9.17) is 0 Å². The zero-order chi connectivity index (χ0) is 21.4. The molecule has 10 nitrogen and oxygen atoms in total. The summed E-state index contributed by atoms with van der Waals surface area (Å²) in [6, 6.07) is 14.8. The van der Waals surface area contributed by atoms with Crippen molar-refractivity contribution in [1.82, 2.24) is 34.8 Å². The van der Waals surface area contributed by atoms with Gasteiger partial charge in [-0.15, -0.1) is 5.10 Å². The molecule has 1 N–H and O–H groups in total. The van der Waals surface area contributed by atoms with Crippen LogP contribution in [0.1, 0.15) is 17.3 Å². The van der Waals surface area contributed by atoms with Gasteiger partial charge in [0.1, 0.15) is 0 Å². The predicted molar refractivity (Wildman–Crippen MR) is 114 cm³/mol. The van der Waals surface area contributed by atoms with E-state index >= 15 is 0 Å². The number of rotatable bonds is 3. The molecule has 1 fully saturated rings. The summed E-state index contributed by atoms with van der Waals surface area (Å²) >= 11 is 0. The van der Waals surface area contributed by atoms with E-state index < -0.39 is 0 Å². The fourth-order valence-electron chi connectivity index (χ4n) is 3.73. The standard InChI is InChI=1S/C21H20N8O2/c1-14(30)27-10-12-28(13-11-27)21(31)15-6-8-16(9-7-15)22-19-20-24-25-26-29(20)18-5-3-2-4-17(18)23-19/h2-9H,10-13H2,1H3,(H,22,23). The van der Waals surface area contributed by atoms with Gasteiger partial charge in [0.2, 0.25) is 11.6 Å². The highest BCUT2D eigenvalue weighted by molar-refractivity contribution is 5.95. The van der Waals surface area contributed by atoms with Crippen molar-refractivity contribution in [3.05, 3.63) is 54.1 Å². The number of hydrogen-bond acceptors (Lipinski definition) is 7. The lowest BCUT2D eigenvalue weighted by atomic mass is 10.1. The van der Waals surface area contributed by atoms with Gasteiger partial charge in [-0.2, -0.15) is 4.52 Å². The average Bonchev–Trinajstić information content (AvgIpc) is 3.30. The highest BCUT2D eigenvalue weighted by atomic mass is 16.2. The maximum atomic E-state index is 12.8. The first-order valence-electron chi connectivity index (χ1n) is 9.99. The van der Waals surface area contributed by atoms with Gasteiger partial charge in [-0.3, -0.25) is 9.59 Å². The zero-order valence-electron chi connectivity index (χ0n) is 16.9. The topological polar surface area (TPSA) is 109 Å². The van der Waals surface area contributed by atoms with E-state index in [1.165, 1.54) is 0 Å². The minimum Gasteiger partial charge on any atom is -0.339 e. The van der Waals surface area contributed by atoms with Crippen LogP contribution in [-0.2, 0) is 4.79 Å². The van der Waals surface area contributed by atoms with Crippen LogP contribution in [0.4, 0.5) is 11.5 Å². The average molecular weight is 416 g/mol. The first-order chi connectivity index (χ1) is 15.1. The molecule has 0 radical (unpaired) electrons. The number of hydrogen-bond donors (Lipinski definition) is 1. The lowest BCUT2D eigenvalue weighted by Crippen LogP contribution is -2.50. The molecule has 5 rings (SSSR count). The van der Waals surface area contributed by atoms with Crippen LogP contribution >= 0.6 is 0 Å². The van der Waals surface area contributed by atoms with Crippen molar-refractivity contribution in [2.75, 3.05) is 31.5 Å². The second-order valence-electron chi connectivity index (χ2n) is 7.36. The molecule has 0 atom stereocenters. The minimum absolute atomic E-state index is 0.0392. The summed E-state index contributed by atoms with van der Waals surface area (Å²) in [6.07, 6.45) is 0. The molecule has 2 amide bonds. The van der Waals surface area contributed by atoms with Crippen molar-refractivity contribution in [2.45, 2.75) is 6.92 Å². The maximum absolute atomic E-state index is 12.8. The number of carbonyl (C=O) groups is 2. The number of anilines is 2. The van der Waals surface area contributed by atoms with Crippen molar-refractivity contribution in [2.24, 2.45) is 0 Å². The first kappa shape index (κ1) is 18.9. The smallest absolute Gasteiger partial charge is 0.253 e. The summed E-state index contributed by atoms with van der Waals surface area (Å²) in [5.41, 5.74) is 3.47. The number of piperazine rings is 1. The number of nitrogens with zero attached hydrogens (tertiary/aromatic N) is 7. The maximum Gasteiger partial charge on any atom is 0.253 e. The van der Waals surface area contributed by atoms with Crippen LogP contribution < -0.4 is 5.32 Å². The second kappa shape index (κ2) is 7.63. The van der Waals surface area contributed by atoms with Crippen LogP contribution in [0.5, 0.6) is 0 Å². The molecule has 3 heterocycles. The van der Waals surface area contributed by atoms with Crippen molar-refractivity contribution in [3.63, 3.8) is 0 Å². The first-order valence-corrected chi connectivity index (χ1v) is 9.99. The molecule has 156 valence electrons. The van der Waals surface area contributed by atoms with E-state index in [1.807, 2.05) is 36.4 Å². The Morgan fingerprint density at radius 3 is 2.39 bits per heavy atom. The second-order valence-corrected chi connectivity index (χ2v) is 7.36. The Kier molecular flexibility index (Phi) is 4.66. The monoisotopic (exact) mass is 416 g/mol. The number of benzene rings is 2. The summed E-state index contributed by atoms with van der Waals surface area (Å²) in [5.74, 6) is 0.535. The van der Waals surface area contributed by atoms with E-state index in [0.717, 1.165) is 16.7 Å². The van der Waals surface area contributed by atoms with Crippen molar-refractivity contribution in [3.8, 4) is 0 Å². The molecule has 0 spiro atoms. The third kappa shape index (κ3) is 3.52. The van der Waals surface area contributed by atoms with E-state index in [0.29, 0.717) is 43.2 Å². The Balaban J connectivity index is 1.34. The molecule has 2 aromatic carbocycles. The van der Waals surface area contributed by atoms with Gasteiger partial charge in [-0.25, -0.2) is 4.98 Å². The molecule has 0 unspecified atom stereocenters. The Hall–Kier alpha value is -4.08. The molecule has 1 aliphatic rings. The van der Waals surface area contributed by atoms with E-state index in [9.17, 15) is 9.59 Å². The lowest BCUT2D eigenvalue weighted by molar-refractivity contribution is -0.130. The Morgan fingerprint density at radius 2 is 1.65 bits per heavy atom. The van der Waals surface area contributed by atoms with E-state index in [2.05, 4.69) is 25.8 Å². The third-order valence-corrected chi connectivity index (χ3v) is 5.43. The minimum atomic E-state index is -0.0392. The number of amides is 2. The normalized spacial score (nSPS) is 14.2. The summed E-state index contributed by atoms with van der Waals surface area (Å²) in [4.78, 5) is 32.4. The molecule has 0 aliphatic carbocycles. The van der Waals surface area contributed by atoms with Gasteiger partial charge in [0.15, 0.2) is 5.82 Å². The van der Waals surface area contributed by atoms with Crippen LogP contribution in [0, 0.1) is 0 Å². The molecular formula is C21H20N8O2. The largest absolute Gasteiger partial charge is 0.339 e. The number of tetrazole rings is 1. The van der Waals surface area contributed by atoms with E-state index in [1.54, 1.807) is 33.4 Å². The van der Waals surface area contributed by atoms with Gasteiger partial charge >= 0.3 is 0 Å². The lowest BCUT2D eigenvalue weighted by Gasteiger charge is -2.34. The number of para-hydroxylation sites is 2. The molecule has 31 heavy (non-hydrogen) atoms. The van der Waals surface area contributed by atoms with Gasteiger partial charge in [-0.05, 0) is 46.8 Å². The van der Waals surface area contributed by atoms with Gasteiger partial charge in [0.05, 0.1) is 11.0 Å². The molecule has 2 aromatic heterocycles. The zero-order valence-corrected chi connectivity index (χ0v) is 16.9. The molecular weight excluding hydrogens is 396 g/mol. The Labute approximate surface area is 177 Å². The Morgan fingerprint density at radius 1 is 0.935 bits per heavy atom. The number of fused-ring (bicyclic) bond motifs is 3. The molecule has 4 aromatic rings. The highest BCUT2D eigenvalue weighted by Crippen LogP contribution is 2.23. The predicted octanol–water partition coefficient (Wildman–Crippen LogP) is 1.72. The van der Waals surface area contributed by atoms with Crippen molar-refractivity contribution >= 4 is 40.0 Å². The highest BCUT2D eigenvalue weighted by Gasteiger charge is 2.23. The number of nitrogens with one attached hydrogen (secondary N) is 1. The fourth-order valence-corrected chi connectivity index (χ4v) is 3.73. The molecule has 1 saturated heterocycles. The van der Waals surface area contributed by atoms with Crippen LogP contribution in [-0.4, -0.2) is 72.8 Å². The van der Waals surface area contributed by atoms with Crippen LogP contribution in [0.25, 0.3) is 16.7 Å². The van der Waals surface area contributed by atoms with Crippen LogP contribution in [0.2, 0.25) is 0 Å². The summed E-state index contributed by atoms with van der Waals surface area (Å²) in [5, 5.41) is 15.1. The Bertz CT molecular complexity index is 1280. The third-order valence-electron chi connectivity index (χ3n) is 5.43. The van der Waals surface area contributed by atoms with Crippen molar-refractivity contribution in [1.29, 1.82) is 0 Å². The number of aromatic nitrogens is 5. The van der Waals surface area contributed by atoms with Crippen molar-refractivity contribution < 1.29 is 9.59 Å². The van der Waals surface area contributed by atoms with Crippen LogP contribution in [0.3, 0.4) is 0 Å². The van der Waals surface area contributed by atoms with Gasteiger partial charge in [0.25, 0.3) is 5.91 Å². The summed E-state index contributed by atoms with van der Waals surface area (Å²) < 4.78 is 1.64. The van der Waals surface area contributed by atoms with Gasteiger partial charge in [0, 0.05) is 44.4 Å². The van der Waals surface area contributed by atoms with Gasteiger partial charge in [-0.1, -0.05) is 12.1 Å². The number of carbonyl (C=O) groups excluding carboxylic acids is 2. The summed E-state index contributed by atoms with van der Waals surface area (Å²) in [7, 11) is 0. The molecule has 0 bridgehead atoms.